The summed E-state index contributed by atoms with van der Waals surface area (Å²) in [6.07, 6.45) is 0.991. The van der Waals surface area contributed by atoms with Crippen molar-refractivity contribution in [2.24, 2.45) is 5.11 Å². The van der Waals surface area contributed by atoms with Crippen LogP contribution in [0.3, 0.4) is 0 Å². The highest BCUT2D eigenvalue weighted by molar-refractivity contribution is 7.54. The molecule has 18 heteroatoms. The van der Waals surface area contributed by atoms with Gasteiger partial charge in [0, 0.05) is 36.6 Å². The summed E-state index contributed by atoms with van der Waals surface area (Å²) in [5, 5.41) is 6.48. The van der Waals surface area contributed by atoms with Gasteiger partial charge in [-0.05, 0) is 63.8 Å². The molecule has 2 aliphatic heterocycles. The van der Waals surface area contributed by atoms with Crippen LogP contribution in [-0.2, 0) is 39.4 Å². The Kier molecular flexibility index (Phi) is 11.0. The van der Waals surface area contributed by atoms with Gasteiger partial charge in [-0.1, -0.05) is 17.2 Å². The first-order chi connectivity index (χ1) is 23.3. The van der Waals surface area contributed by atoms with E-state index in [1.54, 1.807) is 39.8 Å². The van der Waals surface area contributed by atoms with Crippen LogP contribution in [0.25, 0.3) is 10.4 Å². The summed E-state index contributed by atoms with van der Waals surface area (Å²) in [5.74, 6) is -1.38. The lowest BCUT2D eigenvalue weighted by Gasteiger charge is -2.34. The van der Waals surface area contributed by atoms with Crippen molar-refractivity contribution >= 4 is 13.6 Å². The highest BCUT2D eigenvalue weighted by atomic mass is 31.2. The van der Waals surface area contributed by atoms with E-state index in [-0.39, 0.29) is 31.1 Å². The molecule has 1 aromatic carbocycles. The molecule has 1 aromatic heterocycles. The van der Waals surface area contributed by atoms with Crippen LogP contribution in [0, 0.1) is 0 Å². The van der Waals surface area contributed by atoms with Gasteiger partial charge in [-0.3, -0.25) is 23.7 Å². The molecule has 49 heavy (non-hydrogen) atoms. The zero-order chi connectivity index (χ0) is 35.5. The number of hydrogen-bond donors (Lipinski definition) is 2. The van der Waals surface area contributed by atoms with Gasteiger partial charge >= 0.3 is 19.3 Å². The van der Waals surface area contributed by atoms with E-state index >= 15 is 4.39 Å². The van der Waals surface area contributed by atoms with Gasteiger partial charge in [0.25, 0.3) is 5.56 Å². The van der Waals surface area contributed by atoms with Crippen LogP contribution in [0.2, 0.25) is 0 Å². The predicted octanol–water partition coefficient (Wildman–Crippen LogP) is 4.25. The number of benzene rings is 1. The molecule has 1 saturated carbocycles. The molecule has 3 heterocycles. The number of hydrogen-bond acceptors (Lipinski definition) is 12. The van der Waals surface area contributed by atoms with E-state index in [0.29, 0.717) is 18.4 Å². The monoisotopic (exact) mass is 708 g/mol. The normalized spacial score (nSPS) is 27.4. The maximum absolute atomic E-state index is 15.5. The molecule has 268 valence electrons. The van der Waals surface area contributed by atoms with Crippen molar-refractivity contribution in [2.45, 2.75) is 101 Å². The molecular formula is C31H42FN6O10P. The largest absolute Gasteiger partial charge is 0.462 e. The van der Waals surface area contributed by atoms with Crippen LogP contribution in [0.1, 0.15) is 65.2 Å². The second-order valence-electron chi connectivity index (χ2n) is 13.0. The van der Waals surface area contributed by atoms with Gasteiger partial charge in [-0.2, -0.15) is 0 Å². The number of nitrogens with one attached hydrogen (secondary N) is 2. The van der Waals surface area contributed by atoms with Crippen molar-refractivity contribution in [3.63, 3.8) is 0 Å². The van der Waals surface area contributed by atoms with Gasteiger partial charge in [-0.15, -0.1) is 0 Å². The Labute approximate surface area is 281 Å². The molecule has 16 nitrogen and oxygen atoms in total. The summed E-state index contributed by atoms with van der Waals surface area (Å²) in [6, 6.07) is 6.71. The summed E-state index contributed by atoms with van der Waals surface area (Å²) in [6.45, 7) is 4.98. The average molecular weight is 709 g/mol. The summed E-state index contributed by atoms with van der Waals surface area (Å²) >= 11 is 0. The molecule has 6 atom stereocenters. The molecule has 2 aromatic rings. The molecule has 2 unspecified atom stereocenters. The van der Waals surface area contributed by atoms with Crippen LogP contribution >= 0.6 is 7.60 Å². The zero-order valence-electron chi connectivity index (χ0n) is 27.8. The van der Waals surface area contributed by atoms with Crippen LogP contribution in [-0.4, -0.2) is 76.7 Å². The number of carbonyl (C=O) groups is 1. The number of esters is 1. The Balaban J connectivity index is 1.42. The number of H-pyrrole nitrogens is 1. The Morgan fingerprint density at radius 2 is 1.92 bits per heavy atom. The first-order valence-electron chi connectivity index (χ1n) is 16.2. The van der Waals surface area contributed by atoms with Crippen LogP contribution in [0.5, 0.6) is 5.75 Å². The third-order valence-electron chi connectivity index (χ3n) is 8.80. The highest BCUT2D eigenvalue weighted by Gasteiger charge is 2.72. The smallest absolute Gasteiger partial charge is 0.380 e. The van der Waals surface area contributed by atoms with Crippen LogP contribution in [0.15, 0.2) is 51.2 Å². The van der Waals surface area contributed by atoms with Crippen molar-refractivity contribution in [1.82, 2.24) is 14.9 Å². The number of ether oxygens (including phenoxy) is 4. The molecule has 1 spiro atoms. The molecule has 0 bridgehead atoms. The van der Waals surface area contributed by atoms with E-state index in [0.717, 1.165) is 23.5 Å². The van der Waals surface area contributed by atoms with Crippen LogP contribution < -0.4 is 21.1 Å². The standard InChI is InChI=1S/C31H42FN6O10P/c1-20(2)44-25(40)21(3)34-14-16-49(42,47-23-9-7-22(8-10-23)17-35-37-33)43-19-30(18-32)26-29(4,48-31(45-26)12-5-6-13-31)27(46-30)38-15-11-24(39)36-28(38)41/h7-11,15,20-21,26-27,34H,5-6,12-14,16-19H2,1-4H3,(H,36,39,41)/t21-,26?,27+,29+,30+,49?/m0/s1. The number of carbonyl (C=O) groups excluding carboxylic acids is 1. The fourth-order valence-electron chi connectivity index (χ4n) is 6.46. The SMILES string of the molecule is CC(C)OC(=O)[C@H](C)NCCP(=O)(OC[C@@]1(CF)O[C@@H](n2ccc(=O)[nH]c2=O)[C@]2(C)OC3(CCCC3)OC12)Oc1ccc(CN=[N+]=[N-])cc1. The lowest BCUT2D eigenvalue weighted by molar-refractivity contribution is -0.252. The van der Waals surface area contributed by atoms with E-state index in [2.05, 4.69) is 20.3 Å². The van der Waals surface area contributed by atoms with Crippen LogP contribution in [0.4, 0.5) is 4.39 Å². The Bertz CT molecular complexity index is 1710. The number of rotatable bonds is 15. The third kappa shape index (κ3) is 7.93. The molecule has 2 saturated heterocycles. The summed E-state index contributed by atoms with van der Waals surface area (Å²) in [7, 11) is -4.16. The lowest BCUT2D eigenvalue weighted by Crippen LogP contribution is -2.52. The van der Waals surface area contributed by atoms with Gasteiger partial charge in [-0.25, -0.2) is 13.8 Å². The highest BCUT2D eigenvalue weighted by Crippen LogP contribution is 2.59. The van der Waals surface area contributed by atoms with Gasteiger partial charge in [0.1, 0.15) is 30.2 Å². The second-order valence-corrected chi connectivity index (χ2v) is 15.1. The minimum Gasteiger partial charge on any atom is -0.462 e. The van der Waals surface area contributed by atoms with E-state index < -0.39 is 73.5 Å². The maximum Gasteiger partial charge on any atom is 0.380 e. The number of halogens is 1. The zero-order valence-corrected chi connectivity index (χ0v) is 28.7. The summed E-state index contributed by atoms with van der Waals surface area (Å²) in [4.78, 5) is 42.1. The van der Waals surface area contributed by atoms with Crippen molar-refractivity contribution in [1.29, 1.82) is 0 Å². The molecule has 3 fully saturated rings. The van der Waals surface area contributed by atoms with Crippen molar-refractivity contribution in [3.05, 3.63) is 73.4 Å². The maximum atomic E-state index is 15.5. The minimum atomic E-state index is -4.16. The Morgan fingerprint density at radius 1 is 1.20 bits per heavy atom. The molecule has 3 aliphatic rings. The lowest BCUT2D eigenvalue weighted by atomic mass is 9.88. The predicted molar refractivity (Wildman–Crippen MR) is 173 cm³/mol. The first-order valence-corrected chi connectivity index (χ1v) is 17.9. The summed E-state index contributed by atoms with van der Waals surface area (Å²) < 4.78 is 67.5. The molecule has 2 N–H and O–H groups in total. The van der Waals surface area contributed by atoms with E-state index in [1.807, 2.05) is 0 Å². The number of aromatic amines is 1. The van der Waals surface area contributed by atoms with E-state index in [9.17, 15) is 18.9 Å². The molecule has 1 aliphatic carbocycles. The second kappa shape index (κ2) is 14.7. The van der Waals surface area contributed by atoms with Crippen molar-refractivity contribution in [2.75, 3.05) is 26.0 Å². The minimum absolute atomic E-state index is 0.0106. The topological polar surface area (TPSA) is 205 Å². The van der Waals surface area contributed by atoms with E-state index in [4.69, 9.17) is 33.5 Å². The number of azide groups is 1. The summed E-state index contributed by atoms with van der Waals surface area (Å²) in [5.41, 5.74) is 4.55. The third-order valence-corrected chi connectivity index (χ3v) is 10.6. The number of alkyl halides is 1. The quantitative estimate of drug-likeness (QED) is 0.0880. The fraction of sp³-hybridized carbons (Fsp3) is 0.645. The number of fused-ring (bicyclic) bond motifs is 1. The van der Waals surface area contributed by atoms with Crippen molar-refractivity contribution < 1.29 is 41.7 Å². The van der Waals surface area contributed by atoms with Gasteiger partial charge in [0.2, 0.25) is 0 Å². The fourth-order valence-corrected chi connectivity index (χ4v) is 7.99. The van der Waals surface area contributed by atoms with E-state index in [1.165, 1.54) is 18.3 Å². The molecular weight excluding hydrogens is 666 g/mol. The number of nitrogens with zero attached hydrogens (tertiary/aromatic N) is 4. The van der Waals surface area contributed by atoms with Gasteiger partial charge < -0.3 is 28.8 Å². The van der Waals surface area contributed by atoms with Gasteiger partial charge in [0.05, 0.1) is 25.4 Å². The number of aromatic nitrogens is 2. The first kappa shape index (κ1) is 36.7. The molecule has 0 amide bonds. The van der Waals surface area contributed by atoms with Crippen molar-refractivity contribution in [3.8, 4) is 5.75 Å². The Morgan fingerprint density at radius 3 is 2.55 bits per heavy atom. The molecule has 5 rings (SSSR count). The Hall–Kier alpha value is -3.56. The molecule has 0 radical (unpaired) electrons. The van der Waals surface area contributed by atoms with Gasteiger partial charge in [0.15, 0.2) is 17.6 Å². The average Bonchev–Trinajstić information content (AvgIpc) is 3.70.